The second kappa shape index (κ2) is 4.90. The monoisotopic (exact) mass is 246 g/mol. The fraction of sp³-hybridized carbons (Fsp3) is 0.400. The van der Waals surface area contributed by atoms with E-state index < -0.39 is 15.8 Å². The maximum atomic E-state index is 13.0. The van der Waals surface area contributed by atoms with Crippen molar-refractivity contribution in [2.45, 2.75) is 24.8 Å². The standard InChI is InChI=1S/C10H15FN2O2S/c1-7-3-4-9(11)5-10(7)16(14,15)13-8(2)6-12/h3-5,8,13H,6,12H2,1-2H3/t8-/m0/s1. The van der Waals surface area contributed by atoms with Crippen LogP contribution in [0.2, 0.25) is 0 Å². The van der Waals surface area contributed by atoms with Crippen molar-refractivity contribution in [1.82, 2.24) is 4.72 Å². The Morgan fingerprint density at radius 3 is 2.69 bits per heavy atom. The van der Waals surface area contributed by atoms with Crippen LogP contribution in [0.15, 0.2) is 23.1 Å². The van der Waals surface area contributed by atoms with Gasteiger partial charge < -0.3 is 5.73 Å². The summed E-state index contributed by atoms with van der Waals surface area (Å²) in [4.78, 5) is -0.0483. The second-order valence-electron chi connectivity index (χ2n) is 3.67. The molecule has 16 heavy (non-hydrogen) atoms. The molecule has 3 N–H and O–H groups in total. The van der Waals surface area contributed by atoms with E-state index in [1.165, 1.54) is 12.1 Å². The van der Waals surface area contributed by atoms with Crippen LogP contribution >= 0.6 is 0 Å². The minimum absolute atomic E-state index is 0.0483. The fourth-order valence-corrected chi connectivity index (χ4v) is 2.75. The zero-order valence-corrected chi connectivity index (χ0v) is 10.0. The average molecular weight is 246 g/mol. The first-order valence-corrected chi connectivity index (χ1v) is 6.33. The summed E-state index contributed by atoms with van der Waals surface area (Å²) in [6.45, 7) is 3.45. The molecule has 0 saturated heterocycles. The zero-order chi connectivity index (χ0) is 12.3. The molecule has 6 heteroatoms. The van der Waals surface area contributed by atoms with Crippen LogP contribution in [0.4, 0.5) is 4.39 Å². The topological polar surface area (TPSA) is 72.2 Å². The Balaban J connectivity index is 3.12. The highest BCUT2D eigenvalue weighted by molar-refractivity contribution is 7.89. The molecule has 1 rings (SSSR count). The number of hydrogen-bond acceptors (Lipinski definition) is 3. The van der Waals surface area contributed by atoms with E-state index in [0.29, 0.717) is 5.56 Å². The van der Waals surface area contributed by atoms with Crippen molar-refractivity contribution in [1.29, 1.82) is 0 Å². The van der Waals surface area contributed by atoms with Gasteiger partial charge in [0.05, 0.1) is 4.90 Å². The van der Waals surface area contributed by atoms with Crippen LogP contribution < -0.4 is 10.5 Å². The molecule has 0 amide bonds. The molecule has 0 saturated carbocycles. The summed E-state index contributed by atoms with van der Waals surface area (Å²) >= 11 is 0. The third-order valence-electron chi connectivity index (χ3n) is 2.15. The largest absolute Gasteiger partial charge is 0.329 e. The van der Waals surface area contributed by atoms with E-state index in [-0.39, 0.29) is 17.5 Å². The number of aryl methyl sites for hydroxylation is 1. The second-order valence-corrected chi connectivity index (χ2v) is 5.35. The summed E-state index contributed by atoms with van der Waals surface area (Å²) in [6, 6.07) is 3.27. The number of hydrogen-bond donors (Lipinski definition) is 2. The van der Waals surface area contributed by atoms with Gasteiger partial charge in [-0.3, -0.25) is 0 Å². The van der Waals surface area contributed by atoms with Gasteiger partial charge in [0.25, 0.3) is 0 Å². The summed E-state index contributed by atoms with van der Waals surface area (Å²) in [6.07, 6.45) is 0. The predicted molar refractivity (Wildman–Crippen MR) is 60.0 cm³/mol. The van der Waals surface area contributed by atoms with Crippen LogP contribution in [0, 0.1) is 12.7 Å². The Kier molecular flexibility index (Phi) is 4.01. The first-order valence-electron chi connectivity index (χ1n) is 4.85. The number of sulfonamides is 1. The van der Waals surface area contributed by atoms with Crippen molar-refractivity contribution in [3.8, 4) is 0 Å². The summed E-state index contributed by atoms with van der Waals surface area (Å²) < 4.78 is 39.0. The lowest BCUT2D eigenvalue weighted by atomic mass is 10.2. The van der Waals surface area contributed by atoms with Gasteiger partial charge in [0.2, 0.25) is 10.0 Å². The Morgan fingerprint density at radius 2 is 2.12 bits per heavy atom. The highest BCUT2D eigenvalue weighted by Gasteiger charge is 2.19. The molecule has 0 bridgehead atoms. The molecule has 1 aromatic rings. The zero-order valence-electron chi connectivity index (χ0n) is 9.20. The van der Waals surface area contributed by atoms with Crippen LogP contribution in [-0.2, 0) is 10.0 Å². The highest BCUT2D eigenvalue weighted by Crippen LogP contribution is 2.16. The lowest BCUT2D eigenvalue weighted by Gasteiger charge is -2.13. The Bertz CT molecular complexity index is 474. The molecule has 0 fully saturated rings. The van der Waals surface area contributed by atoms with Crippen LogP contribution in [0.3, 0.4) is 0 Å². The van der Waals surface area contributed by atoms with Crippen molar-refractivity contribution in [3.63, 3.8) is 0 Å². The number of rotatable bonds is 4. The van der Waals surface area contributed by atoms with E-state index in [2.05, 4.69) is 4.72 Å². The lowest BCUT2D eigenvalue weighted by Crippen LogP contribution is -2.38. The van der Waals surface area contributed by atoms with Crippen LogP contribution in [0.1, 0.15) is 12.5 Å². The molecule has 0 spiro atoms. The van der Waals surface area contributed by atoms with Crippen LogP contribution in [0.5, 0.6) is 0 Å². The van der Waals surface area contributed by atoms with Gasteiger partial charge in [-0.25, -0.2) is 17.5 Å². The Morgan fingerprint density at radius 1 is 1.50 bits per heavy atom. The van der Waals surface area contributed by atoms with Crippen LogP contribution in [0.25, 0.3) is 0 Å². The molecule has 0 aliphatic carbocycles. The predicted octanol–water partition coefficient (Wildman–Crippen LogP) is 0.760. The first-order chi connectivity index (χ1) is 7.36. The lowest BCUT2D eigenvalue weighted by molar-refractivity contribution is 0.559. The molecular weight excluding hydrogens is 231 g/mol. The van der Waals surface area contributed by atoms with Crippen molar-refractivity contribution in [2.24, 2.45) is 5.73 Å². The molecule has 0 aliphatic rings. The van der Waals surface area contributed by atoms with E-state index >= 15 is 0 Å². The highest BCUT2D eigenvalue weighted by atomic mass is 32.2. The van der Waals surface area contributed by atoms with Gasteiger partial charge in [-0.05, 0) is 31.5 Å². The molecule has 1 aromatic carbocycles. The average Bonchev–Trinajstić information content (AvgIpc) is 2.20. The van der Waals surface area contributed by atoms with Crippen molar-refractivity contribution in [2.75, 3.05) is 6.54 Å². The van der Waals surface area contributed by atoms with Crippen molar-refractivity contribution >= 4 is 10.0 Å². The number of nitrogens with one attached hydrogen (secondary N) is 1. The van der Waals surface area contributed by atoms with Gasteiger partial charge in [0.15, 0.2) is 0 Å². The molecule has 90 valence electrons. The van der Waals surface area contributed by atoms with Gasteiger partial charge in [0.1, 0.15) is 5.82 Å². The number of nitrogens with two attached hydrogens (primary N) is 1. The van der Waals surface area contributed by atoms with E-state index in [9.17, 15) is 12.8 Å². The van der Waals surface area contributed by atoms with Gasteiger partial charge >= 0.3 is 0 Å². The minimum Gasteiger partial charge on any atom is -0.329 e. The molecular formula is C10H15FN2O2S. The summed E-state index contributed by atoms with van der Waals surface area (Å²) in [5, 5.41) is 0. The molecule has 1 atom stereocenters. The van der Waals surface area contributed by atoms with Crippen molar-refractivity contribution < 1.29 is 12.8 Å². The maximum absolute atomic E-state index is 13.0. The van der Waals surface area contributed by atoms with E-state index in [1.54, 1.807) is 13.8 Å². The number of halogens is 1. The van der Waals surface area contributed by atoms with Gasteiger partial charge in [-0.1, -0.05) is 6.07 Å². The SMILES string of the molecule is Cc1ccc(F)cc1S(=O)(=O)N[C@@H](C)CN. The molecule has 4 nitrogen and oxygen atoms in total. The maximum Gasteiger partial charge on any atom is 0.241 e. The molecule has 0 unspecified atom stereocenters. The van der Waals surface area contributed by atoms with E-state index in [4.69, 9.17) is 5.73 Å². The molecule has 0 aliphatic heterocycles. The molecule has 0 radical (unpaired) electrons. The van der Waals surface area contributed by atoms with Gasteiger partial charge in [0, 0.05) is 12.6 Å². The molecule has 0 heterocycles. The third kappa shape index (κ3) is 3.01. The Labute approximate surface area is 94.7 Å². The summed E-state index contributed by atoms with van der Waals surface area (Å²) in [5.74, 6) is -0.577. The third-order valence-corrected chi connectivity index (χ3v) is 3.88. The van der Waals surface area contributed by atoms with Gasteiger partial charge in [-0.2, -0.15) is 0 Å². The summed E-state index contributed by atoms with van der Waals surface area (Å²) in [5.41, 5.74) is 5.82. The smallest absolute Gasteiger partial charge is 0.241 e. The quantitative estimate of drug-likeness (QED) is 0.823. The first kappa shape index (κ1) is 13.1. The van der Waals surface area contributed by atoms with E-state index in [1.807, 2.05) is 0 Å². The van der Waals surface area contributed by atoms with Crippen molar-refractivity contribution in [3.05, 3.63) is 29.6 Å². The molecule has 0 aromatic heterocycles. The normalized spacial score (nSPS) is 13.8. The van der Waals surface area contributed by atoms with Gasteiger partial charge in [-0.15, -0.1) is 0 Å². The summed E-state index contributed by atoms with van der Waals surface area (Å²) in [7, 11) is -3.69. The number of benzene rings is 1. The van der Waals surface area contributed by atoms with Crippen LogP contribution in [-0.4, -0.2) is 21.0 Å². The Hall–Kier alpha value is -0.980. The van der Waals surface area contributed by atoms with E-state index in [0.717, 1.165) is 6.07 Å². The minimum atomic E-state index is -3.69. The fourth-order valence-electron chi connectivity index (χ4n) is 1.24.